The summed E-state index contributed by atoms with van der Waals surface area (Å²) in [7, 11) is 0. The molecular weight excluding hydrogens is 258 g/mol. The van der Waals surface area contributed by atoms with Gasteiger partial charge in [-0.15, -0.1) is 0 Å². The molecule has 2 heteroatoms. The van der Waals surface area contributed by atoms with Gasteiger partial charge in [0, 0.05) is 24.5 Å². The lowest BCUT2D eigenvalue weighted by Crippen LogP contribution is -2.20. The molecule has 1 aliphatic heterocycles. The summed E-state index contributed by atoms with van der Waals surface area (Å²) >= 11 is 0. The highest BCUT2D eigenvalue weighted by molar-refractivity contribution is 5.71. The molecule has 0 saturated carbocycles. The maximum Gasteiger partial charge on any atom is 0.0446 e. The number of hydrogen-bond acceptors (Lipinski definition) is 2. The Hall–Kier alpha value is -1.80. The topological polar surface area (TPSA) is 23.5 Å². The second-order valence-corrected chi connectivity index (χ2v) is 5.84. The van der Waals surface area contributed by atoms with Gasteiger partial charge < -0.3 is 10.0 Å². The lowest BCUT2D eigenvalue weighted by atomic mass is 10.0. The van der Waals surface area contributed by atoms with Crippen LogP contribution in [0, 0.1) is 6.92 Å². The predicted octanol–water partition coefficient (Wildman–Crippen LogP) is 4.00. The lowest BCUT2D eigenvalue weighted by Gasteiger charge is -2.27. The third-order valence-electron chi connectivity index (χ3n) is 4.27. The fourth-order valence-electron chi connectivity index (χ4n) is 3.14. The van der Waals surface area contributed by atoms with Crippen LogP contribution in [0.1, 0.15) is 29.5 Å². The molecule has 0 unspecified atom stereocenters. The average molecular weight is 281 g/mol. The molecular formula is C19H23NO. The molecule has 3 rings (SSSR count). The normalized spacial score (nSPS) is 13.5. The number of aryl methyl sites for hydroxylation is 3. The van der Waals surface area contributed by atoms with Gasteiger partial charge in [0.15, 0.2) is 0 Å². The van der Waals surface area contributed by atoms with Gasteiger partial charge in [0.1, 0.15) is 0 Å². The Morgan fingerprint density at radius 1 is 0.952 bits per heavy atom. The first-order chi connectivity index (χ1) is 10.3. The van der Waals surface area contributed by atoms with Crippen molar-refractivity contribution in [2.24, 2.45) is 0 Å². The standard InChI is InChI=1S/C19H23NO/c1-15-8-9-17-11-10-16-6-2-3-7-18(16)20(19(17)14-15)12-4-5-13-21/h2-3,6-9,14,21H,4-5,10-13H2,1H3. The molecule has 2 aromatic carbocycles. The molecule has 0 aromatic heterocycles. The molecule has 0 spiro atoms. The van der Waals surface area contributed by atoms with Crippen LogP contribution in [0.2, 0.25) is 0 Å². The third-order valence-corrected chi connectivity index (χ3v) is 4.27. The molecule has 1 heterocycles. The van der Waals surface area contributed by atoms with Gasteiger partial charge >= 0.3 is 0 Å². The Labute approximate surface area is 127 Å². The van der Waals surface area contributed by atoms with Crippen molar-refractivity contribution in [3.05, 3.63) is 59.2 Å². The summed E-state index contributed by atoms with van der Waals surface area (Å²) in [5, 5.41) is 9.07. The fourth-order valence-corrected chi connectivity index (χ4v) is 3.14. The molecule has 2 nitrogen and oxygen atoms in total. The van der Waals surface area contributed by atoms with Crippen LogP contribution < -0.4 is 4.90 Å². The lowest BCUT2D eigenvalue weighted by molar-refractivity contribution is 0.285. The number of anilines is 2. The molecule has 0 aliphatic carbocycles. The van der Waals surface area contributed by atoms with E-state index in [0.717, 1.165) is 32.2 Å². The van der Waals surface area contributed by atoms with E-state index in [4.69, 9.17) is 5.11 Å². The zero-order valence-corrected chi connectivity index (χ0v) is 12.7. The van der Waals surface area contributed by atoms with Crippen LogP contribution in [-0.4, -0.2) is 18.3 Å². The minimum Gasteiger partial charge on any atom is -0.396 e. The summed E-state index contributed by atoms with van der Waals surface area (Å²) in [5.74, 6) is 0. The first kappa shape index (κ1) is 14.2. The largest absolute Gasteiger partial charge is 0.396 e. The highest BCUT2D eigenvalue weighted by Crippen LogP contribution is 2.36. The van der Waals surface area contributed by atoms with Gasteiger partial charge in [0.25, 0.3) is 0 Å². The Bertz CT molecular complexity index is 621. The van der Waals surface area contributed by atoms with Gasteiger partial charge in [-0.2, -0.15) is 0 Å². The average Bonchev–Trinajstić information content (AvgIpc) is 2.65. The number of benzene rings is 2. The molecule has 0 bridgehead atoms. The van der Waals surface area contributed by atoms with Crippen LogP contribution >= 0.6 is 0 Å². The van der Waals surface area contributed by atoms with E-state index in [0.29, 0.717) is 0 Å². The van der Waals surface area contributed by atoms with Crippen LogP contribution in [-0.2, 0) is 12.8 Å². The predicted molar refractivity (Wildman–Crippen MR) is 88.4 cm³/mol. The summed E-state index contributed by atoms with van der Waals surface area (Å²) < 4.78 is 0. The van der Waals surface area contributed by atoms with Gasteiger partial charge in [0.2, 0.25) is 0 Å². The van der Waals surface area contributed by atoms with E-state index in [-0.39, 0.29) is 6.61 Å². The molecule has 0 fully saturated rings. The van der Waals surface area contributed by atoms with Gasteiger partial charge in [-0.3, -0.25) is 0 Å². The summed E-state index contributed by atoms with van der Waals surface area (Å²) in [6.07, 6.45) is 4.07. The number of nitrogens with zero attached hydrogens (tertiary/aromatic N) is 1. The first-order valence-corrected chi connectivity index (χ1v) is 7.85. The van der Waals surface area contributed by atoms with Crippen molar-refractivity contribution in [2.45, 2.75) is 32.6 Å². The van der Waals surface area contributed by atoms with Crippen molar-refractivity contribution in [3.8, 4) is 0 Å². The quantitative estimate of drug-likeness (QED) is 0.856. The van der Waals surface area contributed by atoms with E-state index in [2.05, 4.69) is 54.3 Å². The van der Waals surface area contributed by atoms with Crippen LogP contribution in [0.3, 0.4) is 0 Å². The zero-order chi connectivity index (χ0) is 14.7. The Morgan fingerprint density at radius 2 is 1.71 bits per heavy atom. The minimum absolute atomic E-state index is 0.274. The second-order valence-electron chi connectivity index (χ2n) is 5.84. The van der Waals surface area contributed by atoms with E-state index in [1.165, 1.54) is 28.1 Å². The highest BCUT2D eigenvalue weighted by Gasteiger charge is 2.19. The number of unbranched alkanes of at least 4 members (excludes halogenated alkanes) is 1. The van der Waals surface area contributed by atoms with Crippen molar-refractivity contribution >= 4 is 11.4 Å². The summed E-state index contributed by atoms with van der Waals surface area (Å²) in [4.78, 5) is 2.44. The van der Waals surface area contributed by atoms with E-state index in [1.807, 2.05) is 0 Å². The van der Waals surface area contributed by atoms with Gasteiger partial charge in [-0.1, -0.05) is 30.3 Å². The summed E-state index contributed by atoms with van der Waals surface area (Å²) in [6, 6.07) is 15.5. The molecule has 21 heavy (non-hydrogen) atoms. The maximum atomic E-state index is 9.07. The first-order valence-electron chi connectivity index (χ1n) is 7.85. The summed E-state index contributed by atoms with van der Waals surface area (Å²) in [5.41, 5.74) is 6.84. The molecule has 110 valence electrons. The Kier molecular flexibility index (Phi) is 4.26. The molecule has 2 aromatic rings. The molecule has 0 amide bonds. The van der Waals surface area contributed by atoms with E-state index >= 15 is 0 Å². The van der Waals surface area contributed by atoms with Crippen LogP contribution in [0.25, 0.3) is 0 Å². The number of hydrogen-bond donors (Lipinski definition) is 1. The Balaban J connectivity index is 2.03. The number of aliphatic hydroxyl groups is 1. The fraction of sp³-hybridized carbons (Fsp3) is 0.368. The van der Waals surface area contributed by atoms with Gasteiger partial charge in [0.05, 0.1) is 0 Å². The smallest absolute Gasteiger partial charge is 0.0446 e. The van der Waals surface area contributed by atoms with Crippen LogP contribution in [0.5, 0.6) is 0 Å². The van der Waals surface area contributed by atoms with E-state index < -0.39 is 0 Å². The van der Waals surface area contributed by atoms with Crippen LogP contribution in [0.15, 0.2) is 42.5 Å². The monoisotopic (exact) mass is 281 g/mol. The number of fused-ring (bicyclic) bond motifs is 2. The molecule has 0 atom stereocenters. The van der Waals surface area contributed by atoms with E-state index in [1.54, 1.807) is 0 Å². The van der Waals surface area contributed by atoms with Crippen molar-refractivity contribution in [1.29, 1.82) is 0 Å². The third kappa shape index (κ3) is 2.96. The second kappa shape index (κ2) is 6.31. The Morgan fingerprint density at radius 3 is 2.52 bits per heavy atom. The molecule has 0 radical (unpaired) electrons. The van der Waals surface area contributed by atoms with Crippen molar-refractivity contribution < 1.29 is 5.11 Å². The minimum atomic E-state index is 0.274. The SMILES string of the molecule is Cc1ccc2c(c1)N(CCCCO)c1ccccc1CC2. The van der Waals surface area contributed by atoms with Crippen molar-refractivity contribution in [2.75, 3.05) is 18.1 Å². The molecule has 1 N–H and O–H groups in total. The number of para-hydroxylation sites is 1. The van der Waals surface area contributed by atoms with Crippen molar-refractivity contribution in [3.63, 3.8) is 0 Å². The molecule has 0 saturated heterocycles. The number of aliphatic hydroxyl groups excluding tert-OH is 1. The van der Waals surface area contributed by atoms with Crippen LogP contribution in [0.4, 0.5) is 11.4 Å². The summed E-state index contributed by atoms with van der Waals surface area (Å²) in [6.45, 7) is 3.40. The van der Waals surface area contributed by atoms with Crippen molar-refractivity contribution in [1.82, 2.24) is 0 Å². The molecule has 1 aliphatic rings. The maximum absolute atomic E-state index is 9.07. The van der Waals surface area contributed by atoms with Gasteiger partial charge in [-0.25, -0.2) is 0 Å². The van der Waals surface area contributed by atoms with E-state index in [9.17, 15) is 0 Å². The highest BCUT2D eigenvalue weighted by atomic mass is 16.2. The number of rotatable bonds is 4. The zero-order valence-electron chi connectivity index (χ0n) is 12.7. The van der Waals surface area contributed by atoms with Gasteiger partial charge in [-0.05, 0) is 61.4 Å².